The van der Waals surface area contributed by atoms with E-state index < -0.39 is 5.97 Å². The van der Waals surface area contributed by atoms with Crippen molar-refractivity contribution in [2.24, 2.45) is 0 Å². The molecule has 7 nitrogen and oxygen atoms in total. The lowest BCUT2D eigenvalue weighted by atomic mass is 10.1. The predicted octanol–water partition coefficient (Wildman–Crippen LogP) is 2.81. The predicted molar refractivity (Wildman–Crippen MR) is 97.7 cm³/mol. The van der Waals surface area contributed by atoms with Gasteiger partial charge >= 0.3 is 5.97 Å². The van der Waals surface area contributed by atoms with Crippen LogP contribution >= 0.6 is 0 Å². The number of aromatic nitrogens is 2. The minimum atomic E-state index is -0.585. The first kappa shape index (κ1) is 19.4. The molecule has 0 unspecified atom stereocenters. The first-order valence-electron chi connectivity index (χ1n) is 8.21. The summed E-state index contributed by atoms with van der Waals surface area (Å²) in [5.74, 6) is -1.12. The summed E-state index contributed by atoms with van der Waals surface area (Å²) in [6.07, 6.45) is -0.0920. The number of pyridine rings is 1. The number of carbonyl (C=O) groups is 3. The number of aryl methyl sites for hydroxylation is 3. The third kappa shape index (κ3) is 3.82. The number of hydrogen-bond donors (Lipinski definition) is 2. The van der Waals surface area contributed by atoms with Crippen molar-refractivity contribution < 1.29 is 19.1 Å². The zero-order valence-electron chi connectivity index (χ0n) is 15.9. The van der Waals surface area contributed by atoms with Crippen LogP contribution in [0.4, 0.5) is 5.69 Å². The number of anilines is 1. The molecule has 0 aliphatic heterocycles. The number of ether oxygens (including phenoxy) is 1. The molecule has 26 heavy (non-hydrogen) atoms. The van der Waals surface area contributed by atoms with Gasteiger partial charge in [-0.05, 0) is 44.9 Å². The lowest BCUT2D eigenvalue weighted by Gasteiger charge is -2.12. The maximum absolute atomic E-state index is 12.5. The van der Waals surface area contributed by atoms with Crippen LogP contribution in [0.3, 0.4) is 0 Å². The molecular weight excluding hydrogens is 334 g/mol. The summed E-state index contributed by atoms with van der Waals surface area (Å²) in [6.45, 7) is 8.65. The van der Waals surface area contributed by atoms with Gasteiger partial charge in [0.1, 0.15) is 0 Å². The van der Waals surface area contributed by atoms with Crippen molar-refractivity contribution in [2.75, 3.05) is 12.4 Å². The number of rotatable bonds is 5. The standard InChI is InChI=1S/C19H23N3O4/c1-9-7-10(2)20-12(4)17(9)22-15(24)8-14-16(19(25)26-6)11(3)18(21-14)13(5)23/h7,21H,8H2,1-6H3,(H,22,24). The molecule has 0 aromatic carbocycles. The van der Waals surface area contributed by atoms with Gasteiger partial charge in [0.2, 0.25) is 5.91 Å². The van der Waals surface area contributed by atoms with E-state index in [0.717, 1.165) is 17.0 Å². The van der Waals surface area contributed by atoms with E-state index in [1.54, 1.807) is 6.92 Å². The zero-order valence-corrected chi connectivity index (χ0v) is 15.9. The molecule has 0 bridgehead atoms. The highest BCUT2D eigenvalue weighted by Gasteiger charge is 2.24. The van der Waals surface area contributed by atoms with E-state index in [1.165, 1.54) is 14.0 Å². The minimum Gasteiger partial charge on any atom is -0.465 e. The Morgan fingerprint density at radius 1 is 1.19 bits per heavy atom. The summed E-state index contributed by atoms with van der Waals surface area (Å²) in [6, 6.07) is 1.88. The topological polar surface area (TPSA) is 101 Å². The van der Waals surface area contributed by atoms with Crippen LogP contribution in [0, 0.1) is 27.7 Å². The van der Waals surface area contributed by atoms with Gasteiger partial charge in [-0.2, -0.15) is 0 Å². The van der Waals surface area contributed by atoms with E-state index in [2.05, 4.69) is 15.3 Å². The summed E-state index contributed by atoms with van der Waals surface area (Å²) < 4.78 is 4.79. The highest BCUT2D eigenvalue weighted by molar-refractivity contribution is 6.02. The maximum atomic E-state index is 12.5. The van der Waals surface area contributed by atoms with Crippen LogP contribution in [0.25, 0.3) is 0 Å². The summed E-state index contributed by atoms with van der Waals surface area (Å²) in [5, 5.41) is 2.84. The second-order valence-electron chi connectivity index (χ2n) is 6.29. The number of carbonyl (C=O) groups excluding carboxylic acids is 3. The molecule has 2 N–H and O–H groups in total. The normalized spacial score (nSPS) is 10.5. The van der Waals surface area contributed by atoms with Gasteiger partial charge in [0.25, 0.3) is 0 Å². The van der Waals surface area contributed by atoms with E-state index >= 15 is 0 Å². The molecule has 7 heteroatoms. The van der Waals surface area contributed by atoms with Crippen LogP contribution in [0.2, 0.25) is 0 Å². The quantitative estimate of drug-likeness (QED) is 0.633. The SMILES string of the molecule is COC(=O)c1c(CC(=O)Nc2c(C)cc(C)nc2C)[nH]c(C(C)=O)c1C. The summed E-state index contributed by atoms with van der Waals surface area (Å²) in [4.78, 5) is 43.6. The molecule has 138 valence electrons. The molecule has 0 aliphatic rings. The summed E-state index contributed by atoms with van der Waals surface area (Å²) >= 11 is 0. The molecule has 0 radical (unpaired) electrons. The Hall–Kier alpha value is -2.96. The van der Waals surface area contributed by atoms with Crippen LogP contribution in [-0.4, -0.2) is 34.7 Å². The number of ketones is 1. The zero-order chi connectivity index (χ0) is 19.6. The van der Waals surface area contributed by atoms with Crippen molar-refractivity contribution in [1.29, 1.82) is 0 Å². The number of hydrogen-bond acceptors (Lipinski definition) is 5. The van der Waals surface area contributed by atoms with Gasteiger partial charge in [-0.25, -0.2) is 4.79 Å². The Labute approximate surface area is 152 Å². The largest absolute Gasteiger partial charge is 0.465 e. The Bertz CT molecular complexity index is 873. The highest BCUT2D eigenvalue weighted by atomic mass is 16.5. The van der Waals surface area contributed by atoms with Gasteiger partial charge in [-0.1, -0.05) is 0 Å². The lowest BCUT2D eigenvalue weighted by molar-refractivity contribution is -0.115. The van der Waals surface area contributed by atoms with E-state index in [0.29, 0.717) is 22.6 Å². The second-order valence-corrected chi connectivity index (χ2v) is 6.29. The lowest BCUT2D eigenvalue weighted by Crippen LogP contribution is -2.18. The number of nitrogens with one attached hydrogen (secondary N) is 2. The number of aromatic amines is 1. The molecule has 0 saturated heterocycles. The molecule has 0 fully saturated rings. The number of esters is 1. The molecule has 0 spiro atoms. The molecule has 0 aliphatic carbocycles. The molecule has 2 aromatic rings. The molecule has 2 rings (SSSR count). The van der Waals surface area contributed by atoms with Gasteiger partial charge < -0.3 is 15.0 Å². The Morgan fingerprint density at radius 2 is 1.85 bits per heavy atom. The average Bonchev–Trinajstić information content (AvgIpc) is 2.86. The Balaban J connectivity index is 2.33. The number of methoxy groups -OCH3 is 1. The highest BCUT2D eigenvalue weighted by Crippen LogP contribution is 2.23. The van der Waals surface area contributed by atoms with Crippen LogP contribution in [0.15, 0.2) is 6.07 Å². The first-order chi connectivity index (χ1) is 12.1. The molecule has 2 heterocycles. The minimum absolute atomic E-state index is 0.0920. The van der Waals surface area contributed by atoms with E-state index in [4.69, 9.17) is 4.74 Å². The van der Waals surface area contributed by atoms with Crippen molar-refractivity contribution in [3.63, 3.8) is 0 Å². The average molecular weight is 357 g/mol. The maximum Gasteiger partial charge on any atom is 0.339 e. The van der Waals surface area contributed by atoms with Gasteiger partial charge in [-0.3, -0.25) is 14.6 Å². The summed E-state index contributed by atoms with van der Waals surface area (Å²) in [5.41, 5.74) is 4.51. The van der Waals surface area contributed by atoms with Gasteiger partial charge in [0.05, 0.1) is 36.2 Å². The van der Waals surface area contributed by atoms with E-state index in [-0.39, 0.29) is 23.7 Å². The monoisotopic (exact) mass is 357 g/mol. The van der Waals surface area contributed by atoms with Crippen molar-refractivity contribution in [3.05, 3.63) is 45.5 Å². The van der Waals surface area contributed by atoms with Crippen LogP contribution in [0.1, 0.15) is 56.0 Å². The smallest absolute Gasteiger partial charge is 0.339 e. The fourth-order valence-electron chi connectivity index (χ4n) is 3.08. The molecule has 0 atom stereocenters. The van der Waals surface area contributed by atoms with Gasteiger partial charge in [0, 0.05) is 18.3 Å². The molecule has 2 aromatic heterocycles. The number of Topliss-reactive ketones (excluding diaryl/α,β-unsaturated/α-hetero) is 1. The van der Waals surface area contributed by atoms with Crippen LogP contribution in [-0.2, 0) is 16.0 Å². The number of amides is 1. The van der Waals surface area contributed by atoms with E-state index in [1.807, 2.05) is 26.8 Å². The first-order valence-corrected chi connectivity index (χ1v) is 8.21. The van der Waals surface area contributed by atoms with Crippen molar-refractivity contribution >= 4 is 23.3 Å². The summed E-state index contributed by atoms with van der Waals surface area (Å²) in [7, 11) is 1.26. The van der Waals surface area contributed by atoms with Crippen molar-refractivity contribution in [2.45, 2.75) is 41.0 Å². The van der Waals surface area contributed by atoms with Crippen LogP contribution < -0.4 is 5.32 Å². The molecular formula is C19H23N3O4. The van der Waals surface area contributed by atoms with Gasteiger partial charge in [0.15, 0.2) is 5.78 Å². The van der Waals surface area contributed by atoms with Gasteiger partial charge in [-0.15, -0.1) is 0 Å². The molecule has 0 saturated carbocycles. The second kappa shape index (κ2) is 7.51. The third-order valence-corrected chi connectivity index (χ3v) is 4.20. The fourth-order valence-corrected chi connectivity index (χ4v) is 3.08. The number of nitrogens with zero attached hydrogens (tertiary/aromatic N) is 1. The van der Waals surface area contributed by atoms with Crippen LogP contribution in [0.5, 0.6) is 0 Å². The molecule has 1 amide bonds. The Kier molecular flexibility index (Phi) is 5.59. The fraction of sp³-hybridized carbons (Fsp3) is 0.368. The van der Waals surface area contributed by atoms with Crippen molar-refractivity contribution in [3.8, 4) is 0 Å². The number of H-pyrrole nitrogens is 1. The van der Waals surface area contributed by atoms with Crippen molar-refractivity contribution in [1.82, 2.24) is 9.97 Å². The third-order valence-electron chi connectivity index (χ3n) is 4.20. The Morgan fingerprint density at radius 3 is 2.38 bits per heavy atom. The van der Waals surface area contributed by atoms with E-state index in [9.17, 15) is 14.4 Å².